The Balaban J connectivity index is 1.79. The highest BCUT2D eigenvalue weighted by molar-refractivity contribution is 5.92. The molecule has 1 aromatic carbocycles. The second-order valence-electron chi connectivity index (χ2n) is 7.27. The second kappa shape index (κ2) is 8.19. The van der Waals surface area contributed by atoms with Gasteiger partial charge in [0.1, 0.15) is 11.5 Å². The fourth-order valence-corrected chi connectivity index (χ4v) is 3.88. The Bertz CT molecular complexity index is 1220. The average molecular weight is 409 g/mol. The molecule has 0 saturated carbocycles. The van der Waals surface area contributed by atoms with Crippen molar-refractivity contribution in [2.24, 2.45) is 7.05 Å². The van der Waals surface area contributed by atoms with E-state index >= 15 is 0 Å². The Kier molecular flexibility index (Phi) is 5.45. The zero-order valence-corrected chi connectivity index (χ0v) is 16.9. The first-order chi connectivity index (χ1) is 14.5. The van der Waals surface area contributed by atoms with E-state index in [0.29, 0.717) is 42.8 Å². The number of ether oxygens (including phenoxy) is 1. The third kappa shape index (κ3) is 3.52. The molecule has 30 heavy (non-hydrogen) atoms. The summed E-state index contributed by atoms with van der Waals surface area (Å²) in [5.74, 6) is 0.264. The molecule has 1 aliphatic rings. The molecule has 0 bridgehead atoms. The quantitative estimate of drug-likeness (QED) is 0.626. The van der Waals surface area contributed by atoms with E-state index in [1.807, 2.05) is 12.1 Å². The van der Waals surface area contributed by atoms with Crippen molar-refractivity contribution in [3.8, 4) is 0 Å². The fraction of sp³-hybridized carbons (Fsp3) is 0.381. The zero-order chi connectivity index (χ0) is 21.3. The molecule has 1 atom stereocenters. The van der Waals surface area contributed by atoms with Crippen molar-refractivity contribution in [3.05, 3.63) is 68.6 Å². The number of hydrogen-bond donors (Lipinski definition) is 0. The van der Waals surface area contributed by atoms with Gasteiger partial charge < -0.3 is 9.64 Å². The van der Waals surface area contributed by atoms with Gasteiger partial charge in [0.05, 0.1) is 30.1 Å². The topological polar surface area (TPSA) is 99.3 Å². The number of carbonyl (C=O) groups excluding carboxylic acids is 1. The Morgan fingerprint density at radius 3 is 2.77 bits per heavy atom. The molecule has 1 unspecified atom stereocenters. The Morgan fingerprint density at radius 1 is 1.20 bits per heavy atom. The molecule has 2 aromatic heterocycles. The summed E-state index contributed by atoms with van der Waals surface area (Å²) in [6, 6.07) is 9.61. The summed E-state index contributed by atoms with van der Waals surface area (Å²) >= 11 is 0. The highest BCUT2D eigenvalue weighted by Gasteiger charge is 2.34. The van der Waals surface area contributed by atoms with Crippen LogP contribution in [-0.2, 0) is 18.3 Å². The van der Waals surface area contributed by atoms with Gasteiger partial charge in [-0.3, -0.25) is 19.0 Å². The number of aryl methyl sites for hydroxylation is 1. The molecule has 0 N–H and O–H groups in total. The van der Waals surface area contributed by atoms with Gasteiger partial charge in [-0.15, -0.1) is 0 Å². The maximum Gasteiger partial charge on any atom is 0.274 e. The lowest BCUT2D eigenvalue weighted by Crippen LogP contribution is -2.37. The van der Waals surface area contributed by atoms with Gasteiger partial charge in [-0.1, -0.05) is 12.1 Å². The van der Waals surface area contributed by atoms with E-state index in [4.69, 9.17) is 9.72 Å². The molecule has 3 heterocycles. The molecule has 0 spiro atoms. The molecule has 0 aliphatic carbocycles. The minimum Gasteiger partial charge on any atom is -0.383 e. The monoisotopic (exact) mass is 409 g/mol. The van der Waals surface area contributed by atoms with E-state index in [9.17, 15) is 14.4 Å². The number of fused-ring (bicyclic) bond motifs is 1. The van der Waals surface area contributed by atoms with Crippen LogP contribution >= 0.6 is 0 Å². The molecular weight excluding hydrogens is 386 g/mol. The van der Waals surface area contributed by atoms with Crippen molar-refractivity contribution in [2.75, 3.05) is 20.3 Å². The molecule has 1 fully saturated rings. The molecule has 9 heteroatoms. The minimum atomic E-state index is -0.356. The van der Waals surface area contributed by atoms with E-state index in [1.54, 1.807) is 28.7 Å². The van der Waals surface area contributed by atoms with Gasteiger partial charge in [-0.25, -0.2) is 9.67 Å². The van der Waals surface area contributed by atoms with Gasteiger partial charge in [0.2, 0.25) is 0 Å². The number of benzene rings is 1. The summed E-state index contributed by atoms with van der Waals surface area (Å²) in [7, 11) is 3.09. The number of nitrogens with zero attached hydrogens (tertiary/aromatic N) is 5. The lowest BCUT2D eigenvalue weighted by molar-refractivity contribution is 0.0716. The van der Waals surface area contributed by atoms with Gasteiger partial charge in [-0.2, -0.15) is 5.10 Å². The molecule has 4 rings (SSSR count). The minimum absolute atomic E-state index is 0.146. The average Bonchev–Trinajstić information content (AvgIpc) is 3.24. The Labute approximate surface area is 172 Å². The predicted octanol–water partition coefficient (Wildman–Crippen LogP) is 1.11. The van der Waals surface area contributed by atoms with E-state index < -0.39 is 0 Å². The maximum atomic E-state index is 13.2. The van der Waals surface area contributed by atoms with Crippen molar-refractivity contribution in [1.82, 2.24) is 24.2 Å². The third-order valence-electron chi connectivity index (χ3n) is 5.40. The molecule has 1 amide bonds. The number of methoxy groups -OCH3 is 1. The van der Waals surface area contributed by atoms with Gasteiger partial charge in [-0.05, 0) is 31.0 Å². The van der Waals surface area contributed by atoms with E-state index in [0.717, 1.165) is 11.1 Å². The third-order valence-corrected chi connectivity index (χ3v) is 5.40. The van der Waals surface area contributed by atoms with Crippen molar-refractivity contribution in [1.29, 1.82) is 0 Å². The fourth-order valence-electron chi connectivity index (χ4n) is 3.88. The smallest absolute Gasteiger partial charge is 0.274 e. The van der Waals surface area contributed by atoms with Crippen LogP contribution in [0.5, 0.6) is 0 Å². The number of likely N-dealkylation sites (tertiary alicyclic amines) is 1. The van der Waals surface area contributed by atoms with Crippen molar-refractivity contribution >= 4 is 16.8 Å². The first kappa shape index (κ1) is 20.0. The molecule has 3 aromatic rings. The van der Waals surface area contributed by atoms with Crippen LogP contribution in [0.1, 0.15) is 35.2 Å². The van der Waals surface area contributed by atoms with E-state index in [1.165, 1.54) is 19.2 Å². The van der Waals surface area contributed by atoms with Crippen LogP contribution in [0.3, 0.4) is 0 Å². The van der Waals surface area contributed by atoms with Crippen molar-refractivity contribution in [3.63, 3.8) is 0 Å². The lowest BCUT2D eigenvalue weighted by atomic mass is 10.1. The summed E-state index contributed by atoms with van der Waals surface area (Å²) in [6.45, 7) is 1.23. The molecule has 0 radical (unpaired) electrons. The maximum absolute atomic E-state index is 13.2. The second-order valence-corrected chi connectivity index (χ2v) is 7.27. The van der Waals surface area contributed by atoms with Gasteiger partial charge >= 0.3 is 0 Å². The molecule has 156 valence electrons. The van der Waals surface area contributed by atoms with Crippen molar-refractivity contribution in [2.45, 2.75) is 25.4 Å². The standard InChI is InChI=1S/C21H23N5O4/c1-24-18(27)10-9-16(23-24)21(29)25-11-5-8-17(25)19-22-15-7-4-3-6-14(15)20(28)26(19)12-13-30-2/h3-4,6-7,9-10,17H,5,8,11-13H2,1-2H3. The van der Waals surface area contributed by atoms with Crippen LogP contribution in [0, 0.1) is 0 Å². The van der Waals surface area contributed by atoms with Crippen LogP contribution < -0.4 is 11.1 Å². The first-order valence-corrected chi connectivity index (χ1v) is 9.85. The number of hydrogen-bond acceptors (Lipinski definition) is 6. The summed E-state index contributed by atoms with van der Waals surface area (Å²) in [6.07, 6.45) is 1.48. The zero-order valence-electron chi connectivity index (χ0n) is 16.9. The summed E-state index contributed by atoms with van der Waals surface area (Å²) in [4.78, 5) is 44.4. The largest absolute Gasteiger partial charge is 0.383 e. The van der Waals surface area contributed by atoms with Crippen LogP contribution in [0.2, 0.25) is 0 Å². The lowest BCUT2D eigenvalue weighted by Gasteiger charge is -2.26. The number of amides is 1. The van der Waals surface area contributed by atoms with Crippen LogP contribution in [0.15, 0.2) is 46.0 Å². The first-order valence-electron chi connectivity index (χ1n) is 9.85. The normalized spacial score (nSPS) is 16.3. The SMILES string of the molecule is COCCn1c(C2CCCN2C(=O)c2ccc(=O)n(C)n2)nc2ccccc2c1=O. The van der Waals surface area contributed by atoms with Gasteiger partial charge in [0.25, 0.3) is 17.0 Å². The van der Waals surface area contributed by atoms with Crippen LogP contribution in [0.25, 0.3) is 10.9 Å². The van der Waals surface area contributed by atoms with E-state index in [-0.39, 0.29) is 28.8 Å². The summed E-state index contributed by atoms with van der Waals surface area (Å²) < 4.78 is 7.94. The van der Waals surface area contributed by atoms with Gasteiger partial charge in [0.15, 0.2) is 0 Å². The molecule has 9 nitrogen and oxygen atoms in total. The summed E-state index contributed by atoms with van der Waals surface area (Å²) in [5.41, 5.74) is 0.363. The number of para-hydroxylation sites is 1. The molecular formula is C21H23N5O4. The van der Waals surface area contributed by atoms with E-state index in [2.05, 4.69) is 5.10 Å². The number of carbonyl (C=O) groups is 1. The van der Waals surface area contributed by atoms with Gasteiger partial charge in [0, 0.05) is 26.8 Å². The van der Waals surface area contributed by atoms with Crippen molar-refractivity contribution < 1.29 is 9.53 Å². The predicted molar refractivity (Wildman–Crippen MR) is 110 cm³/mol. The Hall–Kier alpha value is -3.33. The number of aromatic nitrogens is 4. The summed E-state index contributed by atoms with van der Waals surface area (Å²) in [5, 5.41) is 4.62. The molecule has 1 saturated heterocycles. The highest BCUT2D eigenvalue weighted by Crippen LogP contribution is 2.32. The van der Waals surface area contributed by atoms with Crippen LogP contribution in [-0.4, -0.2) is 50.4 Å². The van der Waals surface area contributed by atoms with Crippen LogP contribution in [0.4, 0.5) is 0 Å². The highest BCUT2D eigenvalue weighted by atomic mass is 16.5. The Morgan fingerprint density at radius 2 is 2.00 bits per heavy atom. The number of rotatable bonds is 5. The molecule has 1 aliphatic heterocycles.